The fourth-order valence-corrected chi connectivity index (χ4v) is 6.40. The number of allylic oxidation sites excluding steroid dienone is 1. The minimum atomic E-state index is -2.10. The molecular formula is C25H39NO8. The van der Waals surface area contributed by atoms with Gasteiger partial charge in [-0.1, -0.05) is 40.7 Å². The Bertz CT molecular complexity index is 839. The molecule has 3 aliphatic rings. The largest absolute Gasteiger partial charge is 0.441 e. The Morgan fingerprint density at radius 1 is 1.18 bits per heavy atom. The van der Waals surface area contributed by atoms with Gasteiger partial charge in [-0.15, -0.1) is 12.1 Å². The van der Waals surface area contributed by atoms with E-state index in [1.54, 1.807) is 19.9 Å². The van der Waals surface area contributed by atoms with Gasteiger partial charge >= 0.3 is 12.1 Å². The van der Waals surface area contributed by atoms with Crippen molar-refractivity contribution in [3.05, 3.63) is 12.7 Å². The summed E-state index contributed by atoms with van der Waals surface area (Å²) in [6, 6.07) is 0. The van der Waals surface area contributed by atoms with E-state index in [1.807, 2.05) is 19.3 Å². The molecule has 0 aliphatic heterocycles. The third-order valence-corrected chi connectivity index (χ3v) is 8.62. The molecule has 0 spiro atoms. The molecular weight excluding hydrogens is 442 g/mol. The van der Waals surface area contributed by atoms with Crippen LogP contribution in [0.3, 0.4) is 0 Å². The molecule has 0 saturated heterocycles. The number of hydrogen-bond donors (Lipinski definition) is 4. The summed E-state index contributed by atoms with van der Waals surface area (Å²) in [6.45, 7) is 12.5. The highest BCUT2D eigenvalue weighted by Gasteiger charge is 2.73. The molecule has 3 aliphatic carbocycles. The molecule has 0 unspecified atom stereocenters. The molecule has 3 saturated carbocycles. The van der Waals surface area contributed by atoms with Crippen molar-refractivity contribution >= 4 is 17.8 Å². The fourth-order valence-electron chi connectivity index (χ4n) is 6.40. The van der Waals surface area contributed by atoms with Crippen molar-refractivity contribution in [2.75, 3.05) is 0 Å². The second kappa shape index (κ2) is 9.24. The number of carbonyl (C=O) groups is 3. The van der Waals surface area contributed by atoms with Crippen LogP contribution in [0.5, 0.6) is 0 Å². The quantitative estimate of drug-likeness (QED) is 0.334. The lowest BCUT2D eigenvalue weighted by molar-refractivity contribution is -0.291. The summed E-state index contributed by atoms with van der Waals surface area (Å²) in [7, 11) is 0. The predicted molar refractivity (Wildman–Crippen MR) is 122 cm³/mol. The Kier molecular flexibility index (Phi) is 7.24. The molecule has 0 aromatic carbocycles. The van der Waals surface area contributed by atoms with E-state index in [-0.39, 0.29) is 18.3 Å². The number of aliphatic hydroxyl groups excluding tert-OH is 2. The van der Waals surface area contributed by atoms with Gasteiger partial charge in [-0.25, -0.2) is 9.59 Å². The molecule has 0 aromatic rings. The number of ketones is 1. The van der Waals surface area contributed by atoms with E-state index < -0.39 is 64.4 Å². The molecule has 8 atom stereocenters. The number of ether oxygens (including phenoxy) is 1. The molecule has 34 heavy (non-hydrogen) atoms. The van der Waals surface area contributed by atoms with Gasteiger partial charge in [0.1, 0.15) is 11.7 Å². The maximum Gasteiger partial charge on any atom is 0.441 e. The highest BCUT2D eigenvalue weighted by molar-refractivity contribution is 5.89. The SMILES string of the molecule is C=C[C@@H](C)CC(=O)[C@]1(O)[C@@H](C)[C@H](OC(=O)NOC(=O)C2CC2)[C@H](O)[C@H]2C(C)(C)CC[C@@H](O)[C@@]21C. The Morgan fingerprint density at radius 2 is 1.79 bits per heavy atom. The van der Waals surface area contributed by atoms with Crippen LogP contribution in [0.4, 0.5) is 4.79 Å². The first-order valence-corrected chi connectivity index (χ1v) is 12.1. The summed E-state index contributed by atoms with van der Waals surface area (Å²) >= 11 is 0. The normalized spacial score (nSPS) is 39.8. The average Bonchev–Trinajstić information content (AvgIpc) is 3.61. The molecule has 0 heterocycles. The minimum absolute atomic E-state index is 0.0200. The summed E-state index contributed by atoms with van der Waals surface area (Å²) in [5.41, 5.74) is -2.12. The number of amides is 1. The third-order valence-electron chi connectivity index (χ3n) is 8.62. The van der Waals surface area contributed by atoms with Gasteiger partial charge in [0.25, 0.3) is 0 Å². The van der Waals surface area contributed by atoms with Crippen LogP contribution in [-0.4, -0.2) is 57.1 Å². The molecule has 1 amide bonds. The van der Waals surface area contributed by atoms with Crippen LogP contribution in [-0.2, 0) is 19.2 Å². The topological polar surface area (TPSA) is 142 Å². The van der Waals surface area contributed by atoms with Crippen molar-refractivity contribution in [1.82, 2.24) is 5.48 Å². The number of hydroxylamine groups is 1. The number of carbonyl (C=O) groups excluding carboxylic acids is 3. The van der Waals surface area contributed by atoms with Gasteiger partial charge in [0.05, 0.1) is 18.1 Å². The number of aliphatic hydroxyl groups is 3. The van der Waals surface area contributed by atoms with Crippen LogP contribution < -0.4 is 5.48 Å². The van der Waals surface area contributed by atoms with Crippen LogP contribution in [0.25, 0.3) is 0 Å². The van der Waals surface area contributed by atoms with Crippen LogP contribution in [0.1, 0.15) is 66.7 Å². The second-order valence-corrected chi connectivity index (χ2v) is 11.4. The average molecular weight is 482 g/mol. The summed E-state index contributed by atoms with van der Waals surface area (Å²) in [6.07, 6.45) is -0.820. The minimum Gasteiger partial charge on any atom is -0.441 e. The first kappa shape index (κ1) is 26.6. The van der Waals surface area contributed by atoms with Crippen LogP contribution in [0.15, 0.2) is 12.7 Å². The van der Waals surface area contributed by atoms with E-state index in [0.29, 0.717) is 25.7 Å². The zero-order valence-electron chi connectivity index (χ0n) is 20.7. The molecule has 192 valence electrons. The lowest BCUT2D eigenvalue weighted by Crippen LogP contribution is -2.77. The molecule has 9 heteroatoms. The maximum absolute atomic E-state index is 13.6. The zero-order chi connectivity index (χ0) is 25.6. The second-order valence-electron chi connectivity index (χ2n) is 11.4. The number of hydrogen-bond acceptors (Lipinski definition) is 8. The first-order chi connectivity index (χ1) is 15.7. The lowest BCUT2D eigenvalue weighted by atomic mass is 9.41. The van der Waals surface area contributed by atoms with E-state index in [1.165, 1.54) is 6.92 Å². The molecule has 0 bridgehead atoms. The number of Topliss-reactive ketones (excluding diaryl/α,β-unsaturated/α-hetero) is 1. The highest BCUT2D eigenvalue weighted by atomic mass is 16.7. The summed E-state index contributed by atoms with van der Waals surface area (Å²) in [4.78, 5) is 42.6. The molecule has 4 N–H and O–H groups in total. The van der Waals surface area contributed by atoms with Crippen LogP contribution in [0, 0.1) is 34.5 Å². The predicted octanol–water partition coefficient (Wildman–Crippen LogP) is 2.28. The number of rotatable bonds is 6. The number of fused-ring (bicyclic) bond motifs is 1. The van der Waals surface area contributed by atoms with E-state index in [2.05, 4.69) is 6.58 Å². The van der Waals surface area contributed by atoms with Crippen molar-refractivity contribution < 1.29 is 39.3 Å². The van der Waals surface area contributed by atoms with Gasteiger partial charge in [0.2, 0.25) is 0 Å². The van der Waals surface area contributed by atoms with Gasteiger partial charge in [0.15, 0.2) is 5.78 Å². The summed E-state index contributed by atoms with van der Waals surface area (Å²) in [5, 5.41) is 34.8. The van der Waals surface area contributed by atoms with E-state index in [4.69, 9.17) is 9.57 Å². The van der Waals surface area contributed by atoms with E-state index in [9.17, 15) is 29.7 Å². The Labute approximate surface area is 200 Å². The van der Waals surface area contributed by atoms with Crippen LogP contribution in [0.2, 0.25) is 0 Å². The smallest absolute Gasteiger partial charge is 0.441 e. The van der Waals surface area contributed by atoms with Gasteiger partial charge < -0.3 is 24.9 Å². The molecule has 3 rings (SSSR count). The van der Waals surface area contributed by atoms with Crippen molar-refractivity contribution in [3.63, 3.8) is 0 Å². The Morgan fingerprint density at radius 3 is 2.35 bits per heavy atom. The number of nitrogens with one attached hydrogen (secondary N) is 1. The van der Waals surface area contributed by atoms with Gasteiger partial charge in [-0.2, -0.15) is 0 Å². The zero-order valence-corrected chi connectivity index (χ0v) is 20.7. The molecule has 3 fully saturated rings. The van der Waals surface area contributed by atoms with Gasteiger partial charge in [0, 0.05) is 23.7 Å². The molecule has 9 nitrogen and oxygen atoms in total. The summed E-state index contributed by atoms with van der Waals surface area (Å²) in [5.74, 6) is -3.35. The molecule has 0 aromatic heterocycles. The Hall–Kier alpha value is -1.97. The van der Waals surface area contributed by atoms with Gasteiger partial charge in [-0.3, -0.25) is 4.79 Å². The Balaban J connectivity index is 1.96. The van der Waals surface area contributed by atoms with Crippen molar-refractivity contribution in [3.8, 4) is 0 Å². The first-order valence-electron chi connectivity index (χ1n) is 12.1. The maximum atomic E-state index is 13.6. The van der Waals surface area contributed by atoms with Gasteiger partial charge in [-0.05, 0) is 37.0 Å². The van der Waals surface area contributed by atoms with Crippen LogP contribution >= 0.6 is 0 Å². The van der Waals surface area contributed by atoms with E-state index in [0.717, 1.165) is 0 Å². The standard InChI is InChI=1S/C25H39NO8/c1-7-13(2)12-17(28)25(32)14(3)19(33-22(31)26-34-21(30)15-8-9-15)18(29)20-23(4,5)11-10-16(27)24(20,25)6/h7,13-16,18-20,27,29,32H,1,8-12H2,2-6H3,(H,26,31)/t13-,14+,16-,18+,19+,20+,24+,25-/m1/s1. The lowest BCUT2D eigenvalue weighted by Gasteiger charge is -2.66. The van der Waals surface area contributed by atoms with Crippen molar-refractivity contribution in [2.45, 2.75) is 90.6 Å². The molecule has 0 radical (unpaired) electrons. The van der Waals surface area contributed by atoms with E-state index >= 15 is 0 Å². The third kappa shape index (κ3) is 4.27. The monoisotopic (exact) mass is 481 g/mol. The van der Waals surface area contributed by atoms with Crippen molar-refractivity contribution in [2.24, 2.45) is 34.5 Å². The fraction of sp³-hybridized carbons (Fsp3) is 0.800. The summed E-state index contributed by atoms with van der Waals surface area (Å²) < 4.78 is 5.47. The highest BCUT2D eigenvalue weighted by Crippen LogP contribution is 2.63. The van der Waals surface area contributed by atoms with Crippen molar-refractivity contribution in [1.29, 1.82) is 0 Å².